The summed E-state index contributed by atoms with van der Waals surface area (Å²) < 4.78 is 0. The van der Waals surface area contributed by atoms with Gasteiger partial charge in [-0.3, -0.25) is 9.59 Å². The van der Waals surface area contributed by atoms with Gasteiger partial charge in [0.2, 0.25) is 0 Å². The molecule has 2 heteroatoms. The van der Waals surface area contributed by atoms with Gasteiger partial charge >= 0.3 is 0 Å². The van der Waals surface area contributed by atoms with Crippen LogP contribution in [-0.4, -0.2) is 11.6 Å². The van der Waals surface area contributed by atoms with Crippen LogP contribution < -0.4 is 0 Å². The zero-order chi connectivity index (χ0) is 7.98. The van der Waals surface area contributed by atoms with Gasteiger partial charge in [0.15, 0.2) is 11.6 Å². The number of hydrogen-bond acceptors (Lipinski definition) is 2. The largest absolute Gasteiger partial charge is 0.290 e. The molecule has 0 aromatic heterocycles. The maximum absolute atomic E-state index is 10.4. The Bertz CT molecular complexity index is 177. The molecule has 0 saturated heterocycles. The number of allylic oxidation sites excluding steroid dienone is 4. The lowest BCUT2D eigenvalue weighted by Crippen LogP contribution is -1.89. The molecule has 0 aliphatic rings. The smallest absolute Gasteiger partial charge is 0.186 e. The van der Waals surface area contributed by atoms with E-state index in [9.17, 15) is 9.59 Å². The molecule has 51 valence electrons. The summed E-state index contributed by atoms with van der Waals surface area (Å²) in [5.74, 6) is -0.745. The Morgan fingerprint density at radius 1 is 1.20 bits per heavy atom. The van der Waals surface area contributed by atoms with Crippen molar-refractivity contribution >= 4 is 11.6 Å². The van der Waals surface area contributed by atoms with Crippen LogP contribution in [0, 0.1) is 6.08 Å². The second-order valence-electron chi connectivity index (χ2n) is 1.46. The fourth-order valence-electron chi connectivity index (χ4n) is 0.260. The molecule has 10 heavy (non-hydrogen) atoms. The quantitative estimate of drug-likeness (QED) is 0.535. The number of ketones is 2. The molecule has 0 unspecified atom stereocenters. The van der Waals surface area contributed by atoms with Gasteiger partial charge < -0.3 is 0 Å². The second-order valence-corrected chi connectivity index (χ2v) is 1.46. The Labute approximate surface area is 59.5 Å². The molecular weight excluding hydrogens is 128 g/mol. The average Bonchev–Trinajstić information content (AvgIpc) is 1.99. The third kappa shape index (κ3) is 3.55. The van der Waals surface area contributed by atoms with Gasteiger partial charge in [0.25, 0.3) is 0 Å². The van der Waals surface area contributed by atoms with Crippen LogP contribution in [0.15, 0.2) is 31.4 Å². The molecule has 0 aromatic carbocycles. The van der Waals surface area contributed by atoms with Gasteiger partial charge in [-0.2, -0.15) is 0 Å². The van der Waals surface area contributed by atoms with Crippen molar-refractivity contribution in [3.63, 3.8) is 0 Å². The predicted octanol–water partition coefficient (Wildman–Crippen LogP) is 0.856. The molecule has 0 saturated carbocycles. The first-order chi connectivity index (χ1) is 4.70. The van der Waals surface area contributed by atoms with Crippen molar-refractivity contribution in [3.8, 4) is 0 Å². The molecule has 0 aliphatic carbocycles. The molecule has 0 N–H and O–H groups in total. The molecule has 0 aliphatic heterocycles. The van der Waals surface area contributed by atoms with Crippen molar-refractivity contribution < 1.29 is 9.59 Å². The predicted molar refractivity (Wildman–Crippen MR) is 38.2 cm³/mol. The van der Waals surface area contributed by atoms with Crippen molar-refractivity contribution in [1.82, 2.24) is 0 Å². The van der Waals surface area contributed by atoms with E-state index in [0.29, 0.717) is 0 Å². The Kier molecular flexibility index (Phi) is 3.80. The van der Waals surface area contributed by atoms with Crippen LogP contribution in [-0.2, 0) is 9.59 Å². The lowest BCUT2D eigenvalue weighted by Gasteiger charge is -1.77. The Hall–Kier alpha value is -1.44. The molecule has 0 fully saturated rings. The third-order valence-corrected chi connectivity index (χ3v) is 0.743. The van der Waals surface area contributed by atoms with Gasteiger partial charge in [0, 0.05) is 6.08 Å². The van der Waals surface area contributed by atoms with Gasteiger partial charge in [-0.05, 0) is 18.2 Å². The third-order valence-electron chi connectivity index (χ3n) is 0.743. The van der Waals surface area contributed by atoms with Gasteiger partial charge in [-0.15, -0.1) is 0 Å². The van der Waals surface area contributed by atoms with Crippen LogP contribution in [0.25, 0.3) is 0 Å². The van der Waals surface area contributed by atoms with E-state index >= 15 is 0 Å². The van der Waals surface area contributed by atoms with Crippen molar-refractivity contribution in [1.29, 1.82) is 0 Å². The number of rotatable bonds is 4. The summed E-state index contributed by atoms with van der Waals surface area (Å²) >= 11 is 0. The Balaban J connectivity index is 3.98. The summed E-state index contributed by atoms with van der Waals surface area (Å²) in [5.41, 5.74) is 0. The van der Waals surface area contributed by atoms with Gasteiger partial charge in [-0.25, -0.2) is 0 Å². The van der Waals surface area contributed by atoms with Crippen LogP contribution in [0.4, 0.5) is 0 Å². The van der Waals surface area contributed by atoms with E-state index in [4.69, 9.17) is 0 Å². The highest BCUT2D eigenvalue weighted by Gasteiger charge is 1.89. The first-order valence-corrected chi connectivity index (χ1v) is 2.63. The van der Waals surface area contributed by atoms with Crippen LogP contribution in [0.5, 0.6) is 0 Å². The normalized spacial score (nSPS) is 9.20. The summed E-state index contributed by atoms with van der Waals surface area (Å²) in [4.78, 5) is 20.8. The second kappa shape index (κ2) is 4.44. The Morgan fingerprint density at radius 2 is 1.80 bits per heavy atom. The highest BCUT2D eigenvalue weighted by Crippen LogP contribution is 1.79. The van der Waals surface area contributed by atoms with E-state index in [1.165, 1.54) is 0 Å². The molecule has 0 aromatic rings. The van der Waals surface area contributed by atoms with E-state index in [2.05, 4.69) is 19.2 Å². The molecule has 0 heterocycles. The van der Waals surface area contributed by atoms with Gasteiger partial charge in [0.1, 0.15) is 0 Å². The zero-order valence-electron chi connectivity index (χ0n) is 5.46. The zero-order valence-corrected chi connectivity index (χ0v) is 5.46. The van der Waals surface area contributed by atoms with Crippen molar-refractivity contribution in [2.45, 2.75) is 0 Å². The molecule has 0 spiro atoms. The minimum Gasteiger partial charge on any atom is -0.290 e. The first-order valence-electron chi connectivity index (χ1n) is 2.63. The maximum atomic E-state index is 10.4. The minimum atomic E-state index is -0.407. The minimum absolute atomic E-state index is 0.338. The molecule has 1 radical (unpaired) electrons. The molecule has 0 bridgehead atoms. The maximum Gasteiger partial charge on any atom is 0.186 e. The molecule has 2 nitrogen and oxygen atoms in total. The standard InChI is InChI=1S/C8H7O2/c1-3-7(9)5-6-8(10)4-2/h3-5H,1-2H2. The van der Waals surface area contributed by atoms with Crippen LogP contribution in [0.1, 0.15) is 0 Å². The van der Waals surface area contributed by atoms with E-state index in [-0.39, 0.29) is 5.78 Å². The monoisotopic (exact) mass is 135 g/mol. The van der Waals surface area contributed by atoms with E-state index in [0.717, 1.165) is 18.2 Å². The van der Waals surface area contributed by atoms with Crippen molar-refractivity contribution in [2.24, 2.45) is 0 Å². The van der Waals surface area contributed by atoms with Crippen LogP contribution in [0.2, 0.25) is 0 Å². The van der Waals surface area contributed by atoms with Gasteiger partial charge in [-0.1, -0.05) is 13.2 Å². The molecule has 0 amide bonds. The number of hydrogen-bond donors (Lipinski definition) is 0. The molecular formula is C8H7O2. The lowest BCUT2D eigenvalue weighted by molar-refractivity contribution is -0.112. The first kappa shape index (κ1) is 8.56. The summed E-state index contributed by atoms with van der Waals surface area (Å²) in [6.45, 7) is 6.40. The highest BCUT2D eigenvalue weighted by atomic mass is 16.1. The fraction of sp³-hybridized carbons (Fsp3) is 0. The average molecular weight is 135 g/mol. The fourth-order valence-corrected chi connectivity index (χ4v) is 0.260. The van der Waals surface area contributed by atoms with Crippen molar-refractivity contribution in [2.75, 3.05) is 0 Å². The van der Waals surface area contributed by atoms with E-state index < -0.39 is 5.78 Å². The molecule has 0 rings (SSSR count). The number of carbonyl (C=O) groups is 2. The summed E-state index contributed by atoms with van der Waals surface area (Å²) in [5, 5.41) is 0. The van der Waals surface area contributed by atoms with Crippen LogP contribution >= 0.6 is 0 Å². The summed E-state index contributed by atoms with van der Waals surface area (Å²) in [7, 11) is 0. The van der Waals surface area contributed by atoms with Crippen LogP contribution in [0.3, 0.4) is 0 Å². The highest BCUT2D eigenvalue weighted by molar-refractivity contribution is 6.04. The Morgan fingerprint density at radius 3 is 2.20 bits per heavy atom. The van der Waals surface area contributed by atoms with E-state index in [1.54, 1.807) is 0 Å². The topological polar surface area (TPSA) is 34.1 Å². The SMILES string of the molecule is C=CC(=O)[C]=CC(=O)C=C. The van der Waals surface area contributed by atoms with E-state index in [1.807, 2.05) is 0 Å². The lowest BCUT2D eigenvalue weighted by atomic mass is 10.3. The van der Waals surface area contributed by atoms with Gasteiger partial charge in [0.05, 0.1) is 0 Å². The summed E-state index contributed by atoms with van der Waals surface area (Å²) in [6.07, 6.45) is 5.38. The molecule has 0 atom stereocenters. The summed E-state index contributed by atoms with van der Waals surface area (Å²) in [6, 6.07) is 0. The number of carbonyl (C=O) groups excluding carboxylic acids is 2. The van der Waals surface area contributed by atoms with Crippen molar-refractivity contribution in [3.05, 3.63) is 37.5 Å².